The van der Waals surface area contributed by atoms with Gasteiger partial charge < -0.3 is 15.2 Å². The van der Waals surface area contributed by atoms with E-state index in [0.29, 0.717) is 18.0 Å². The lowest BCUT2D eigenvalue weighted by molar-refractivity contribution is -0.386. The Hall–Kier alpha value is -4.12. The largest absolute Gasteiger partial charge is 0.502 e. The van der Waals surface area contributed by atoms with Crippen LogP contribution in [0.5, 0.6) is 11.5 Å². The number of nitrogens with one attached hydrogen (secondary N) is 2. The molecule has 0 saturated heterocycles. The molecule has 3 aromatic rings. The highest BCUT2D eigenvalue weighted by molar-refractivity contribution is 7.92. The first-order chi connectivity index (χ1) is 15.2. The van der Waals surface area contributed by atoms with Gasteiger partial charge in [0.05, 0.1) is 27.7 Å². The van der Waals surface area contributed by atoms with Crippen molar-refractivity contribution < 1.29 is 28.0 Å². The number of aromatic hydroxyl groups is 1. The van der Waals surface area contributed by atoms with E-state index in [4.69, 9.17) is 4.74 Å². The van der Waals surface area contributed by atoms with Gasteiger partial charge in [0, 0.05) is 11.8 Å². The average molecular weight is 457 g/mol. The second kappa shape index (κ2) is 9.35. The van der Waals surface area contributed by atoms with E-state index in [9.17, 15) is 28.4 Å². The Morgan fingerprint density at radius 2 is 1.78 bits per heavy atom. The minimum atomic E-state index is -4.29. The first-order valence-corrected chi connectivity index (χ1v) is 10.8. The van der Waals surface area contributed by atoms with Gasteiger partial charge in [0.15, 0.2) is 5.75 Å². The molecule has 0 spiro atoms. The van der Waals surface area contributed by atoms with Gasteiger partial charge in [-0.05, 0) is 55.5 Å². The Balaban J connectivity index is 1.85. The van der Waals surface area contributed by atoms with Crippen LogP contribution in [-0.2, 0) is 10.0 Å². The number of benzene rings is 3. The van der Waals surface area contributed by atoms with E-state index in [0.717, 1.165) is 18.2 Å². The monoisotopic (exact) mass is 457 g/mol. The van der Waals surface area contributed by atoms with Crippen LogP contribution in [0.1, 0.15) is 17.3 Å². The quantitative estimate of drug-likeness (QED) is 0.345. The molecule has 3 rings (SSSR count). The van der Waals surface area contributed by atoms with Gasteiger partial charge in [0.1, 0.15) is 5.75 Å². The number of anilines is 2. The summed E-state index contributed by atoms with van der Waals surface area (Å²) >= 11 is 0. The van der Waals surface area contributed by atoms with Gasteiger partial charge in [-0.1, -0.05) is 12.1 Å². The third-order valence-electron chi connectivity index (χ3n) is 4.29. The van der Waals surface area contributed by atoms with Gasteiger partial charge in [0.25, 0.3) is 15.9 Å². The number of hydrogen-bond acceptors (Lipinski definition) is 7. The molecule has 0 heterocycles. The normalized spacial score (nSPS) is 10.9. The van der Waals surface area contributed by atoms with E-state index < -0.39 is 37.2 Å². The third-order valence-corrected chi connectivity index (χ3v) is 5.66. The highest BCUT2D eigenvalue weighted by Gasteiger charge is 2.23. The number of nitro groups is 1. The molecule has 166 valence electrons. The van der Waals surface area contributed by atoms with Crippen LogP contribution in [-0.4, -0.2) is 31.0 Å². The number of sulfonamides is 1. The SMILES string of the molecule is CCOc1ccc(NC(=O)c2ccccc2NS(=O)(=O)c2ccc(O)c([N+](=O)[O-])c2)cc1. The minimum absolute atomic E-state index is 0.0216. The van der Waals surface area contributed by atoms with E-state index in [2.05, 4.69) is 10.0 Å². The van der Waals surface area contributed by atoms with Gasteiger partial charge in [-0.15, -0.1) is 0 Å². The molecule has 0 fully saturated rings. The van der Waals surface area contributed by atoms with Crippen molar-refractivity contribution in [2.45, 2.75) is 11.8 Å². The lowest BCUT2D eigenvalue weighted by atomic mass is 10.1. The van der Waals surface area contributed by atoms with Crippen LogP contribution in [0.25, 0.3) is 0 Å². The number of nitrogens with zero attached hydrogens (tertiary/aromatic N) is 1. The highest BCUT2D eigenvalue weighted by Crippen LogP contribution is 2.29. The van der Waals surface area contributed by atoms with Crippen LogP contribution in [0.4, 0.5) is 17.1 Å². The summed E-state index contributed by atoms with van der Waals surface area (Å²) in [5, 5.41) is 23.2. The molecule has 0 saturated carbocycles. The summed E-state index contributed by atoms with van der Waals surface area (Å²) in [5.74, 6) is -0.588. The predicted molar refractivity (Wildman–Crippen MR) is 118 cm³/mol. The number of nitro benzene ring substituents is 1. The van der Waals surface area contributed by atoms with Crippen molar-refractivity contribution in [3.63, 3.8) is 0 Å². The molecule has 10 nitrogen and oxygen atoms in total. The first-order valence-electron chi connectivity index (χ1n) is 9.34. The summed E-state index contributed by atoms with van der Waals surface area (Å²) in [5.41, 5.74) is -0.260. The molecule has 0 bridgehead atoms. The number of phenols is 1. The number of carbonyl (C=O) groups is 1. The number of rotatable bonds is 8. The number of phenolic OH excluding ortho intramolecular Hbond substituents is 1. The number of carbonyl (C=O) groups excluding carboxylic acids is 1. The van der Waals surface area contributed by atoms with Crippen LogP contribution >= 0.6 is 0 Å². The zero-order chi connectivity index (χ0) is 23.3. The zero-order valence-corrected chi connectivity index (χ0v) is 17.6. The summed E-state index contributed by atoms with van der Waals surface area (Å²) in [4.78, 5) is 22.4. The van der Waals surface area contributed by atoms with Crippen molar-refractivity contribution in [1.82, 2.24) is 0 Å². The van der Waals surface area contributed by atoms with Crippen molar-refractivity contribution in [3.8, 4) is 11.5 Å². The Morgan fingerprint density at radius 1 is 1.09 bits per heavy atom. The summed E-state index contributed by atoms with van der Waals surface area (Å²) in [7, 11) is -4.29. The molecular formula is C21H19N3O7S. The second-order valence-electron chi connectivity index (χ2n) is 6.47. The van der Waals surface area contributed by atoms with E-state index in [1.54, 1.807) is 30.3 Å². The fraction of sp³-hybridized carbons (Fsp3) is 0.0952. The van der Waals surface area contributed by atoms with Crippen molar-refractivity contribution in [3.05, 3.63) is 82.4 Å². The highest BCUT2D eigenvalue weighted by atomic mass is 32.2. The third kappa shape index (κ3) is 5.13. The van der Waals surface area contributed by atoms with Gasteiger partial charge in [-0.25, -0.2) is 8.42 Å². The Labute approximate surface area is 183 Å². The smallest absolute Gasteiger partial charge is 0.312 e. The summed E-state index contributed by atoms with van der Waals surface area (Å²) in [6.07, 6.45) is 0. The molecular weight excluding hydrogens is 438 g/mol. The summed E-state index contributed by atoms with van der Waals surface area (Å²) < 4.78 is 33.1. The van der Waals surface area contributed by atoms with Crippen LogP contribution < -0.4 is 14.8 Å². The second-order valence-corrected chi connectivity index (χ2v) is 8.15. The molecule has 0 aliphatic heterocycles. The standard InChI is InChI=1S/C21H19N3O7S/c1-2-31-15-9-7-14(8-10-15)22-21(26)17-5-3-4-6-18(17)23-32(29,30)16-11-12-20(25)19(13-16)24(27)28/h3-13,23,25H,2H2,1H3,(H,22,26). The molecule has 3 aromatic carbocycles. The predicted octanol–water partition coefficient (Wildman–Crippen LogP) is 3.75. The van der Waals surface area contributed by atoms with E-state index in [1.165, 1.54) is 18.2 Å². The topological polar surface area (TPSA) is 148 Å². The maximum atomic E-state index is 12.8. The minimum Gasteiger partial charge on any atom is -0.502 e. The summed E-state index contributed by atoms with van der Waals surface area (Å²) in [6.45, 7) is 2.35. The number of hydrogen-bond donors (Lipinski definition) is 3. The zero-order valence-electron chi connectivity index (χ0n) is 16.8. The van der Waals surface area contributed by atoms with E-state index >= 15 is 0 Å². The van der Waals surface area contributed by atoms with Crippen molar-refractivity contribution in [1.29, 1.82) is 0 Å². The number of para-hydroxylation sites is 1. The van der Waals surface area contributed by atoms with Gasteiger partial charge in [-0.3, -0.25) is 19.6 Å². The van der Waals surface area contributed by atoms with Crippen LogP contribution in [0.3, 0.4) is 0 Å². The molecule has 0 aromatic heterocycles. The maximum Gasteiger partial charge on any atom is 0.312 e. The molecule has 0 aliphatic carbocycles. The van der Waals surface area contributed by atoms with E-state index in [1.807, 2.05) is 6.92 Å². The Bertz CT molecular complexity index is 1260. The van der Waals surface area contributed by atoms with E-state index in [-0.39, 0.29) is 11.3 Å². The molecule has 11 heteroatoms. The fourth-order valence-electron chi connectivity index (χ4n) is 2.79. The molecule has 0 atom stereocenters. The van der Waals surface area contributed by atoms with Crippen LogP contribution in [0, 0.1) is 10.1 Å². The van der Waals surface area contributed by atoms with Crippen LogP contribution in [0.15, 0.2) is 71.6 Å². The van der Waals surface area contributed by atoms with Gasteiger partial charge in [-0.2, -0.15) is 0 Å². The van der Waals surface area contributed by atoms with Crippen LogP contribution in [0.2, 0.25) is 0 Å². The number of amides is 1. The van der Waals surface area contributed by atoms with Crippen molar-refractivity contribution >= 4 is 33.0 Å². The molecule has 0 aliphatic rings. The van der Waals surface area contributed by atoms with Gasteiger partial charge in [0.2, 0.25) is 0 Å². The number of ether oxygens (including phenoxy) is 1. The lowest BCUT2D eigenvalue weighted by Gasteiger charge is -2.13. The average Bonchev–Trinajstić information content (AvgIpc) is 2.75. The molecule has 1 amide bonds. The summed E-state index contributed by atoms with van der Waals surface area (Å²) in [6, 6.07) is 15.2. The van der Waals surface area contributed by atoms with Gasteiger partial charge >= 0.3 is 5.69 Å². The Kier molecular flexibility index (Phi) is 6.59. The first kappa shape index (κ1) is 22.6. The van der Waals surface area contributed by atoms with Crippen molar-refractivity contribution in [2.75, 3.05) is 16.6 Å². The Morgan fingerprint density at radius 3 is 2.44 bits per heavy atom. The molecule has 0 radical (unpaired) electrons. The fourth-order valence-corrected chi connectivity index (χ4v) is 3.89. The molecule has 32 heavy (non-hydrogen) atoms. The molecule has 3 N–H and O–H groups in total. The van der Waals surface area contributed by atoms with Crippen molar-refractivity contribution in [2.24, 2.45) is 0 Å². The maximum absolute atomic E-state index is 12.8. The lowest BCUT2D eigenvalue weighted by Crippen LogP contribution is -2.18. The molecule has 0 unspecified atom stereocenters.